The Kier molecular flexibility index (Phi) is 5.42. The molecule has 0 aliphatic heterocycles. The minimum atomic E-state index is -0.0307. The van der Waals surface area contributed by atoms with Crippen LogP contribution >= 0.6 is 0 Å². The first-order valence-corrected chi connectivity index (χ1v) is 7.81. The molecule has 1 aromatic carbocycles. The second-order valence-corrected chi connectivity index (χ2v) is 6.74. The number of benzene rings is 1. The first-order chi connectivity index (χ1) is 10.9. The summed E-state index contributed by atoms with van der Waals surface area (Å²) in [5, 5.41) is 3.29. The monoisotopic (exact) mass is 314 g/mol. The standard InChI is InChI=1S/C18H26N4O/c1-18(2,3)15-12-19-16(23-15)13-21-17(22(4)5)20-11-14-9-7-6-8-10-14/h6-10,12H,11,13H2,1-5H3,(H,20,21). The molecule has 0 unspecified atom stereocenters. The third-order valence-corrected chi connectivity index (χ3v) is 3.37. The highest BCUT2D eigenvalue weighted by Crippen LogP contribution is 2.22. The van der Waals surface area contributed by atoms with Crippen molar-refractivity contribution in [2.45, 2.75) is 39.3 Å². The molecule has 1 N–H and O–H groups in total. The van der Waals surface area contributed by atoms with Crippen molar-refractivity contribution in [1.82, 2.24) is 15.2 Å². The van der Waals surface area contributed by atoms with E-state index in [-0.39, 0.29) is 5.41 Å². The van der Waals surface area contributed by atoms with Crippen molar-refractivity contribution in [2.75, 3.05) is 14.1 Å². The predicted molar refractivity (Wildman–Crippen MR) is 93.3 cm³/mol. The summed E-state index contributed by atoms with van der Waals surface area (Å²) in [5.74, 6) is 2.37. The molecular weight excluding hydrogens is 288 g/mol. The smallest absolute Gasteiger partial charge is 0.213 e. The summed E-state index contributed by atoms with van der Waals surface area (Å²) in [4.78, 5) is 10.9. The van der Waals surface area contributed by atoms with Gasteiger partial charge in [-0.15, -0.1) is 0 Å². The normalized spacial score (nSPS) is 12.3. The van der Waals surface area contributed by atoms with Gasteiger partial charge < -0.3 is 14.6 Å². The van der Waals surface area contributed by atoms with Crippen LogP contribution in [0.5, 0.6) is 0 Å². The molecule has 0 saturated carbocycles. The Bertz CT molecular complexity index is 639. The highest BCUT2D eigenvalue weighted by molar-refractivity contribution is 5.79. The zero-order valence-electron chi connectivity index (χ0n) is 14.6. The van der Waals surface area contributed by atoms with E-state index in [4.69, 9.17) is 4.42 Å². The first kappa shape index (κ1) is 17.1. The van der Waals surface area contributed by atoms with Gasteiger partial charge in [-0.2, -0.15) is 0 Å². The molecular formula is C18H26N4O. The second kappa shape index (κ2) is 7.31. The summed E-state index contributed by atoms with van der Waals surface area (Å²) in [5.41, 5.74) is 1.15. The zero-order chi connectivity index (χ0) is 16.9. The summed E-state index contributed by atoms with van der Waals surface area (Å²) in [6.07, 6.45) is 1.80. The van der Waals surface area contributed by atoms with E-state index in [0.717, 1.165) is 11.7 Å². The van der Waals surface area contributed by atoms with E-state index in [1.807, 2.05) is 37.2 Å². The van der Waals surface area contributed by atoms with E-state index in [1.54, 1.807) is 6.20 Å². The van der Waals surface area contributed by atoms with Crippen molar-refractivity contribution in [3.8, 4) is 0 Å². The Labute approximate surface area is 138 Å². The molecule has 0 radical (unpaired) electrons. The van der Waals surface area contributed by atoms with Crippen LogP contribution < -0.4 is 5.32 Å². The fraction of sp³-hybridized carbons (Fsp3) is 0.444. The molecule has 0 spiro atoms. The van der Waals surface area contributed by atoms with Crippen LogP contribution in [0.25, 0.3) is 0 Å². The maximum Gasteiger partial charge on any atom is 0.213 e. The van der Waals surface area contributed by atoms with E-state index >= 15 is 0 Å². The maximum atomic E-state index is 5.79. The Hall–Kier alpha value is -2.30. The molecule has 0 amide bonds. The molecule has 0 fully saturated rings. The zero-order valence-corrected chi connectivity index (χ0v) is 14.6. The van der Waals surface area contributed by atoms with Crippen molar-refractivity contribution < 1.29 is 4.42 Å². The average Bonchev–Trinajstić information content (AvgIpc) is 2.97. The average molecular weight is 314 g/mol. The number of aliphatic imine (C=N–C) groups is 1. The van der Waals surface area contributed by atoms with Crippen LogP contribution in [0.4, 0.5) is 0 Å². The van der Waals surface area contributed by atoms with Crippen molar-refractivity contribution in [3.05, 3.63) is 53.7 Å². The third-order valence-electron chi connectivity index (χ3n) is 3.37. The molecule has 5 heteroatoms. The van der Waals surface area contributed by atoms with E-state index in [0.29, 0.717) is 19.0 Å². The van der Waals surface area contributed by atoms with Crippen LogP contribution in [0, 0.1) is 0 Å². The Morgan fingerprint density at radius 1 is 1.22 bits per heavy atom. The van der Waals surface area contributed by atoms with Crippen LogP contribution in [-0.4, -0.2) is 29.9 Å². The van der Waals surface area contributed by atoms with Crippen molar-refractivity contribution >= 4 is 5.96 Å². The van der Waals surface area contributed by atoms with Crippen LogP contribution in [0.15, 0.2) is 45.9 Å². The molecule has 0 aliphatic carbocycles. The van der Waals surface area contributed by atoms with E-state index < -0.39 is 0 Å². The van der Waals surface area contributed by atoms with Gasteiger partial charge in [-0.05, 0) is 5.56 Å². The predicted octanol–water partition coefficient (Wildman–Crippen LogP) is 3.18. The topological polar surface area (TPSA) is 53.7 Å². The first-order valence-electron chi connectivity index (χ1n) is 7.81. The van der Waals surface area contributed by atoms with Crippen LogP contribution in [0.2, 0.25) is 0 Å². The molecule has 1 aromatic heterocycles. The number of nitrogens with zero attached hydrogens (tertiary/aromatic N) is 3. The lowest BCUT2D eigenvalue weighted by Crippen LogP contribution is -2.36. The lowest BCUT2D eigenvalue weighted by atomic mass is 9.94. The molecule has 0 saturated heterocycles. The van der Waals surface area contributed by atoms with E-state index in [2.05, 4.69) is 48.2 Å². The molecule has 0 atom stereocenters. The number of aromatic nitrogens is 1. The number of hydrogen-bond donors (Lipinski definition) is 1. The molecule has 0 bridgehead atoms. The van der Waals surface area contributed by atoms with Gasteiger partial charge in [0.2, 0.25) is 5.89 Å². The summed E-state index contributed by atoms with van der Waals surface area (Å²) in [6, 6.07) is 10.2. The Morgan fingerprint density at radius 3 is 2.48 bits per heavy atom. The SMILES string of the molecule is CN(C)C(=NCc1ccccc1)NCc1ncc(C(C)(C)C)o1. The Morgan fingerprint density at radius 2 is 1.91 bits per heavy atom. The molecule has 0 aliphatic rings. The fourth-order valence-corrected chi connectivity index (χ4v) is 2.00. The summed E-state index contributed by atoms with van der Waals surface area (Å²) in [6.45, 7) is 7.48. The van der Waals surface area contributed by atoms with Gasteiger partial charge in [0.15, 0.2) is 5.96 Å². The number of nitrogens with one attached hydrogen (secondary N) is 1. The fourth-order valence-electron chi connectivity index (χ4n) is 2.00. The van der Waals surface area contributed by atoms with Gasteiger partial charge in [0.1, 0.15) is 5.76 Å². The van der Waals surface area contributed by atoms with Crippen LogP contribution in [-0.2, 0) is 18.5 Å². The van der Waals surface area contributed by atoms with E-state index in [9.17, 15) is 0 Å². The largest absolute Gasteiger partial charge is 0.443 e. The molecule has 124 valence electrons. The number of hydrogen-bond acceptors (Lipinski definition) is 3. The molecule has 2 rings (SSSR count). The van der Waals surface area contributed by atoms with Gasteiger partial charge in [0.25, 0.3) is 0 Å². The summed E-state index contributed by atoms with van der Waals surface area (Å²) >= 11 is 0. The summed E-state index contributed by atoms with van der Waals surface area (Å²) in [7, 11) is 3.93. The molecule has 1 heterocycles. The third kappa shape index (κ3) is 5.13. The molecule has 5 nitrogen and oxygen atoms in total. The van der Waals surface area contributed by atoms with Crippen molar-refractivity contribution in [2.24, 2.45) is 4.99 Å². The van der Waals surface area contributed by atoms with Gasteiger partial charge >= 0.3 is 0 Å². The van der Waals surface area contributed by atoms with E-state index in [1.165, 1.54) is 5.56 Å². The summed E-state index contributed by atoms with van der Waals surface area (Å²) < 4.78 is 5.79. The molecule has 2 aromatic rings. The lowest BCUT2D eigenvalue weighted by Gasteiger charge is -2.17. The van der Waals surface area contributed by atoms with Gasteiger partial charge in [-0.3, -0.25) is 0 Å². The number of guanidine groups is 1. The van der Waals surface area contributed by atoms with Crippen LogP contribution in [0.1, 0.15) is 38.0 Å². The van der Waals surface area contributed by atoms with Gasteiger partial charge in [0, 0.05) is 19.5 Å². The minimum absolute atomic E-state index is 0.0307. The highest BCUT2D eigenvalue weighted by Gasteiger charge is 2.19. The van der Waals surface area contributed by atoms with Gasteiger partial charge in [0.05, 0.1) is 19.3 Å². The van der Waals surface area contributed by atoms with Crippen molar-refractivity contribution in [3.63, 3.8) is 0 Å². The van der Waals surface area contributed by atoms with Crippen LogP contribution in [0.3, 0.4) is 0 Å². The maximum absolute atomic E-state index is 5.79. The molecule has 23 heavy (non-hydrogen) atoms. The lowest BCUT2D eigenvalue weighted by molar-refractivity contribution is 0.378. The quantitative estimate of drug-likeness (QED) is 0.695. The van der Waals surface area contributed by atoms with Gasteiger partial charge in [-0.1, -0.05) is 51.1 Å². The number of rotatable bonds is 4. The minimum Gasteiger partial charge on any atom is -0.443 e. The Balaban J connectivity index is 1.98. The van der Waals surface area contributed by atoms with Crippen molar-refractivity contribution in [1.29, 1.82) is 0 Å². The highest BCUT2D eigenvalue weighted by atomic mass is 16.4. The van der Waals surface area contributed by atoms with Gasteiger partial charge in [-0.25, -0.2) is 9.98 Å². The number of oxazole rings is 1. The second-order valence-electron chi connectivity index (χ2n) is 6.74.